The van der Waals surface area contributed by atoms with Gasteiger partial charge in [0.2, 0.25) is 5.91 Å². The number of sulfone groups is 1. The van der Waals surface area contributed by atoms with Gasteiger partial charge in [-0.25, -0.2) is 8.42 Å². The van der Waals surface area contributed by atoms with Crippen molar-refractivity contribution in [3.63, 3.8) is 0 Å². The lowest BCUT2D eigenvalue weighted by Gasteiger charge is -2.30. The van der Waals surface area contributed by atoms with E-state index in [9.17, 15) is 13.2 Å². The number of carbonyl (C=O) groups is 1. The summed E-state index contributed by atoms with van der Waals surface area (Å²) in [5, 5.41) is 0. The molecule has 5 nitrogen and oxygen atoms in total. The Hall–Kier alpha value is -1.40. The summed E-state index contributed by atoms with van der Waals surface area (Å²) in [5.41, 5.74) is 1.21. The van der Waals surface area contributed by atoms with Crippen molar-refractivity contribution in [3.05, 3.63) is 35.9 Å². The van der Waals surface area contributed by atoms with Gasteiger partial charge in [-0.05, 0) is 31.7 Å². The summed E-state index contributed by atoms with van der Waals surface area (Å²) in [6.45, 7) is 3.66. The first-order chi connectivity index (χ1) is 11.5. The van der Waals surface area contributed by atoms with Gasteiger partial charge < -0.3 is 4.90 Å². The largest absolute Gasteiger partial charge is 0.338 e. The standard InChI is InChI=1S/C18H26N2O3S/c1-2-20(17-10-11-24(22,23)14-17)18(21)13-19(16-8-9-16)12-15-6-4-3-5-7-15/h3-7,16-17H,2,8-14H2,1H3. The molecule has 0 radical (unpaired) electrons. The summed E-state index contributed by atoms with van der Waals surface area (Å²) in [5.74, 6) is 0.384. The number of carbonyl (C=O) groups excluding carboxylic acids is 1. The number of benzene rings is 1. The van der Waals surface area contributed by atoms with E-state index in [2.05, 4.69) is 17.0 Å². The lowest BCUT2D eigenvalue weighted by atomic mass is 10.2. The fraction of sp³-hybridized carbons (Fsp3) is 0.611. The molecular weight excluding hydrogens is 324 g/mol. The summed E-state index contributed by atoms with van der Waals surface area (Å²) >= 11 is 0. The smallest absolute Gasteiger partial charge is 0.237 e. The maximum atomic E-state index is 12.8. The topological polar surface area (TPSA) is 57.7 Å². The van der Waals surface area contributed by atoms with Gasteiger partial charge in [0, 0.05) is 25.2 Å². The van der Waals surface area contributed by atoms with Crippen LogP contribution in [0.25, 0.3) is 0 Å². The predicted molar refractivity (Wildman–Crippen MR) is 94.3 cm³/mol. The highest BCUT2D eigenvalue weighted by molar-refractivity contribution is 7.91. The molecule has 1 saturated carbocycles. The molecule has 2 aliphatic rings. The number of amides is 1. The fourth-order valence-corrected chi connectivity index (χ4v) is 5.23. The molecule has 1 atom stereocenters. The molecule has 0 N–H and O–H groups in total. The van der Waals surface area contributed by atoms with Crippen molar-refractivity contribution in [1.82, 2.24) is 9.80 Å². The summed E-state index contributed by atoms with van der Waals surface area (Å²) in [6.07, 6.45) is 2.86. The van der Waals surface area contributed by atoms with Gasteiger partial charge in [-0.3, -0.25) is 9.69 Å². The van der Waals surface area contributed by atoms with Crippen molar-refractivity contribution < 1.29 is 13.2 Å². The van der Waals surface area contributed by atoms with Crippen LogP contribution in [0.1, 0.15) is 31.7 Å². The van der Waals surface area contributed by atoms with Crippen molar-refractivity contribution in [2.75, 3.05) is 24.6 Å². The monoisotopic (exact) mass is 350 g/mol. The maximum Gasteiger partial charge on any atom is 0.237 e. The minimum atomic E-state index is -2.97. The van der Waals surface area contributed by atoms with E-state index >= 15 is 0 Å². The molecule has 0 aromatic heterocycles. The van der Waals surface area contributed by atoms with Gasteiger partial charge in [0.25, 0.3) is 0 Å². The van der Waals surface area contributed by atoms with Crippen molar-refractivity contribution in [2.24, 2.45) is 0 Å². The minimum absolute atomic E-state index is 0.0578. The third-order valence-electron chi connectivity index (χ3n) is 4.94. The van der Waals surface area contributed by atoms with E-state index < -0.39 is 9.84 Å². The molecule has 0 bridgehead atoms. The van der Waals surface area contributed by atoms with Crippen LogP contribution in [0.2, 0.25) is 0 Å². The minimum Gasteiger partial charge on any atom is -0.338 e. The highest BCUT2D eigenvalue weighted by atomic mass is 32.2. The summed E-state index contributed by atoms with van der Waals surface area (Å²) in [7, 11) is -2.97. The van der Waals surface area contributed by atoms with Crippen LogP contribution in [-0.2, 0) is 21.2 Å². The third kappa shape index (κ3) is 4.36. The second-order valence-corrected chi connectivity index (χ2v) is 9.09. The van der Waals surface area contributed by atoms with Crippen LogP contribution in [0.3, 0.4) is 0 Å². The van der Waals surface area contributed by atoms with Gasteiger partial charge in [0.1, 0.15) is 0 Å². The Bertz CT molecular complexity index is 671. The maximum absolute atomic E-state index is 12.8. The van der Waals surface area contributed by atoms with Gasteiger partial charge >= 0.3 is 0 Å². The lowest BCUT2D eigenvalue weighted by Crippen LogP contribution is -2.46. The molecule has 1 unspecified atom stereocenters. The molecule has 3 rings (SSSR count). The Morgan fingerprint density at radius 2 is 1.83 bits per heavy atom. The summed E-state index contributed by atoms with van der Waals surface area (Å²) < 4.78 is 23.4. The van der Waals surface area contributed by atoms with Gasteiger partial charge in [-0.15, -0.1) is 0 Å². The van der Waals surface area contributed by atoms with Gasteiger partial charge in [0.15, 0.2) is 9.84 Å². The SMILES string of the molecule is CCN(C(=O)CN(Cc1ccccc1)C1CC1)C1CCS(=O)(=O)C1. The normalized spacial score (nSPS) is 22.7. The van der Waals surface area contributed by atoms with E-state index in [-0.39, 0.29) is 23.5 Å². The number of likely N-dealkylation sites (N-methyl/N-ethyl adjacent to an activating group) is 1. The van der Waals surface area contributed by atoms with Crippen LogP contribution in [0.5, 0.6) is 0 Å². The van der Waals surface area contributed by atoms with E-state index in [1.54, 1.807) is 4.90 Å². The second-order valence-electron chi connectivity index (χ2n) is 6.86. The van der Waals surface area contributed by atoms with Crippen molar-refractivity contribution in [1.29, 1.82) is 0 Å². The van der Waals surface area contributed by atoms with Crippen LogP contribution < -0.4 is 0 Å². The lowest BCUT2D eigenvalue weighted by molar-refractivity contribution is -0.134. The van der Waals surface area contributed by atoms with Crippen LogP contribution in [0.4, 0.5) is 0 Å². The number of hydrogen-bond donors (Lipinski definition) is 0. The third-order valence-corrected chi connectivity index (χ3v) is 6.69. The van der Waals surface area contributed by atoms with Crippen molar-refractivity contribution in [3.8, 4) is 0 Å². The first kappa shape index (κ1) is 17.4. The Labute approximate surface area is 144 Å². The highest BCUT2D eigenvalue weighted by Crippen LogP contribution is 2.28. The molecule has 1 amide bonds. The van der Waals surface area contributed by atoms with Crippen LogP contribution in [0.15, 0.2) is 30.3 Å². The first-order valence-electron chi connectivity index (χ1n) is 8.76. The zero-order valence-corrected chi connectivity index (χ0v) is 15.0. The van der Waals surface area contributed by atoms with Gasteiger partial charge in [-0.2, -0.15) is 0 Å². The Kier molecular flexibility index (Phi) is 5.25. The first-order valence-corrected chi connectivity index (χ1v) is 10.6. The van der Waals surface area contributed by atoms with E-state index in [0.29, 0.717) is 25.6 Å². The van der Waals surface area contributed by atoms with Crippen LogP contribution in [-0.4, -0.2) is 60.8 Å². The number of nitrogens with zero attached hydrogens (tertiary/aromatic N) is 2. The average molecular weight is 350 g/mol. The quantitative estimate of drug-likeness (QED) is 0.751. The molecule has 1 aromatic rings. The van der Waals surface area contributed by atoms with Gasteiger partial charge in [-0.1, -0.05) is 30.3 Å². The molecule has 24 heavy (non-hydrogen) atoms. The van der Waals surface area contributed by atoms with E-state index in [1.807, 2.05) is 25.1 Å². The average Bonchev–Trinajstić information content (AvgIpc) is 3.33. The number of hydrogen-bond acceptors (Lipinski definition) is 4. The molecule has 1 aliphatic carbocycles. The fourth-order valence-electron chi connectivity index (χ4n) is 3.50. The van der Waals surface area contributed by atoms with E-state index in [1.165, 1.54) is 5.56 Å². The molecule has 2 fully saturated rings. The summed E-state index contributed by atoms with van der Waals surface area (Å²) in [4.78, 5) is 16.8. The Balaban J connectivity index is 1.64. The molecule has 6 heteroatoms. The molecule has 1 aliphatic heterocycles. The Morgan fingerprint density at radius 3 is 2.38 bits per heavy atom. The zero-order valence-electron chi connectivity index (χ0n) is 14.2. The van der Waals surface area contributed by atoms with E-state index in [4.69, 9.17) is 0 Å². The predicted octanol–water partition coefficient (Wildman–Crippen LogP) is 1.69. The molecule has 132 valence electrons. The highest BCUT2D eigenvalue weighted by Gasteiger charge is 2.36. The molecule has 1 saturated heterocycles. The second kappa shape index (κ2) is 7.23. The van der Waals surface area contributed by atoms with Crippen LogP contribution >= 0.6 is 0 Å². The number of rotatable bonds is 7. The van der Waals surface area contributed by atoms with Gasteiger partial charge in [0.05, 0.1) is 18.1 Å². The molecule has 1 aromatic carbocycles. The zero-order chi connectivity index (χ0) is 17.2. The van der Waals surface area contributed by atoms with Crippen molar-refractivity contribution in [2.45, 2.75) is 44.8 Å². The summed E-state index contributed by atoms with van der Waals surface area (Å²) in [6, 6.07) is 10.5. The molecule has 0 spiro atoms. The van der Waals surface area contributed by atoms with Crippen LogP contribution in [0, 0.1) is 0 Å². The Morgan fingerprint density at radius 1 is 1.12 bits per heavy atom. The van der Waals surface area contributed by atoms with Crippen molar-refractivity contribution >= 4 is 15.7 Å². The molecular formula is C18H26N2O3S. The molecule has 1 heterocycles. The van der Waals surface area contributed by atoms with E-state index in [0.717, 1.165) is 19.4 Å².